The Hall–Kier alpha value is -0.850. The van der Waals surface area contributed by atoms with E-state index in [-0.39, 0.29) is 0 Å². The van der Waals surface area contributed by atoms with Crippen LogP contribution < -0.4 is 4.90 Å². The van der Waals surface area contributed by atoms with Gasteiger partial charge in [-0.05, 0) is 15.9 Å². The molecule has 0 aromatic carbocycles. The quantitative estimate of drug-likeness (QED) is 0.754. The van der Waals surface area contributed by atoms with Crippen molar-refractivity contribution in [1.29, 1.82) is 0 Å². The summed E-state index contributed by atoms with van der Waals surface area (Å²) in [5, 5.41) is 4.84. The number of hydrogen-bond donors (Lipinski definition) is 0. The van der Waals surface area contributed by atoms with E-state index in [4.69, 9.17) is 16.3 Å². The Bertz CT molecular complexity index is 552. The molecule has 5 nitrogen and oxygen atoms in total. The number of nitrogens with zero attached hydrogens (tertiary/aromatic N) is 4. The standard InChI is InChI=1S/C10H10BrClN4O/c11-7-5-9-13-8(12)6-10(16(9)14-7)15-1-3-17-4-2-15/h5-6H,1-4H2. The van der Waals surface area contributed by atoms with Crippen LogP contribution in [0.25, 0.3) is 5.65 Å². The van der Waals surface area contributed by atoms with Crippen LogP contribution in [0, 0.1) is 0 Å². The first-order chi connectivity index (χ1) is 8.24. The van der Waals surface area contributed by atoms with Crippen molar-refractivity contribution in [1.82, 2.24) is 14.6 Å². The van der Waals surface area contributed by atoms with Gasteiger partial charge in [0.15, 0.2) is 5.65 Å². The molecule has 0 radical (unpaired) electrons. The number of aromatic nitrogens is 3. The average molecular weight is 318 g/mol. The fourth-order valence-electron chi connectivity index (χ4n) is 1.92. The number of fused-ring (bicyclic) bond motifs is 1. The predicted molar refractivity (Wildman–Crippen MR) is 68.7 cm³/mol. The van der Waals surface area contributed by atoms with Crippen LogP contribution in [0.3, 0.4) is 0 Å². The van der Waals surface area contributed by atoms with E-state index >= 15 is 0 Å². The maximum atomic E-state index is 6.03. The Morgan fingerprint density at radius 1 is 1.29 bits per heavy atom. The molecule has 0 amide bonds. The lowest BCUT2D eigenvalue weighted by atomic mass is 10.4. The second-order valence-corrected chi connectivity index (χ2v) is 4.97. The van der Waals surface area contributed by atoms with E-state index in [0.29, 0.717) is 5.15 Å². The summed E-state index contributed by atoms with van der Waals surface area (Å²) < 4.78 is 7.88. The Labute approximate surface area is 111 Å². The van der Waals surface area contributed by atoms with Gasteiger partial charge in [-0.25, -0.2) is 4.98 Å². The van der Waals surface area contributed by atoms with Crippen LogP contribution in [0.2, 0.25) is 5.15 Å². The highest BCUT2D eigenvalue weighted by atomic mass is 79.9. The second-order valence-electron chi connectivity index (χ2n) is 3.77. The predicted octanol–water partition coefficient (Wildman–Crippen LogP) is 1.98. The second kappa shape index (κ2) is 4.44. The van der Waals surface area contributed by atoms with Crippen LogP contribution in [0.15, 0.2) is 16.7 Å². The van der Waals surface area contributed by atoms with Gasteiger partial charge in [0, 0.05) is 25.2 Å². The molecule has 1 fully saturated rings. The first kappa shape index (κ1) is 11.3. The molecule has 17 heavy (non-hydrogen) atoms. The molecule has 0 N–H and O–H groups in total. The Balaban J connectivity index is 2.12. The summed E-state index contributed by atoms with van der Waals surface area (Å²) in [4.78, 5) is 6.43. The number of ether oxygens (including phenoxy) is 1. The normalized spacial score (nSPS) is 16.7. The first-order valence-electron chi connectivity index (χ1n) is 5.28. The number of hydrogen-bond acceptors (Lipinski definition) is 4. The molecule has 1 aliphatic heterocycles. The van der Waals surface area contributed by atoms with Gasteiger partial charge in [-0.1, -0.05) is 11.6 Å². The molecule has 1 aliphatic rings. The van der Waals surface area contributed by atoms with Crippen molar-refractivity contribution in [3.63, 3.8) is 0 Å². The number of morpholine rings is 1. The van der Waals surface area contributed by atoms with Crippen molar-refractivity contribution in [2.75, 3.05) is 31.2 Å². The SMILES string of the molecule is Clc1cc(N2CCOCC2)n2nc(Br)cc2n1. The van der Waals surface area contributed by atoms with Gasteiger partial charge >= 0.3 is 0 Å². The lowest BCUT2D eigenvalue weighted by molar-refractivity contribution is 0.122. The molecule has 1 saturated heterocycles. The highest BCUT2D eigenvalue weighted by Crippen LogP contribution is 2.23. The Kier molecular flexibility index (Phi) is 2.94. The van der Waals surface area contributed by atoms with Gasteiger partial charge < -0.3 is 9.64 Å². The van der Waals surface area contributed by atoms with Gasteiger partial charge in [0.2, 0.25) is 0 Å². The zero-order valence-electron chi connectivity index (χ0n) is 8.94. The summed E-state index contributed by atoms with van der Waals surface area (Å²) >= 11 is 9.38. The Morgan fingerprint density at radius 3 is 2.82 bits per heavy atom. The topological polar surface area (TPSA) is 42.7 Å². The van der Waals surface area contributed by atoms with Crippen LogP contribution in [0.1, 0.15) is 0 Å². The lowest BCUT2D eigenvalue weighted by Crippen LogP contribution is -2.37. The summed E-state index contributed by atoms with van der Waals surface area (Å²) in [5.74, 6) is 0.953. The molecule has 0 atom stereocenters. The maximum Gasteiger partial charge on any atom is 0.160 e. The molecule has 7 heteroatoms. The number of rotatable bonds is 1. The van der Waals surface area contributed by atoms with Gasteiger partial charge in [-0.15, -0.1) is 0 Å². The van der Waals surface area contributed by atoms with E-state index < -0.39 is 0 Å². The van der Waals surface area contributed by atoms with E-state index in [0.717, 1.165) is 42.4 Å². The maximum absolute atomic E-state index is 6.03. The number of anilines is 1. The summed E-state index contributed by atoms with van der Waals surface area (Å²) in [6.45, 7) is 3.13. The van der Waals surface area contributed by atoms with Gasteiger partial charge in [-0.3, -0.25) is 0 Å². The zero-order chi connectivity index (χ0) is 11.8. The third kappa shape index (κ3) is 2.12. The molecule has 3 heterocycles. The Morgan fingerprint density at radius 2 is 2.06 bits per heavy atom. The van der Waals surface area contributed by atoms with Gasteiger partial charge in [-0.2, -0.15) is 9.61 Å². The fourth-order valence-corrected chi connectivity index (χ4v) is 2.47. The van der Waals surface area contributed by atoms with Gasteiger partial charge in [0.1, 0.15) is 15.6 Å². The monoisotopic (exact) mass is 316 g/mol. The lowest BCUT2D eigenvalue weighted by Gasteiger charge is -2.28. The molecular weight excluding hydrogens is 307 g/mol. The van der Waals surface area contributed by atoms with Crippen LogP contribution in [0.5, 0.6) is 0 Å². The van der Waals surface area contributed by atoms with Crippen molar-refractivity contribution in [3.05, 3.63) is 21.9 Å². The van der Waals surface area contributed by atoms with Gasteiger partial charge in [0.25, 0.3) is 0 Å². The molecule has 2 aromatic heterocycles. The van der Waals surface area contributed by atoms with Crippen LogP contribution in [-0.2, 0) is 4.74 Å². The van der Waals surface area contributed by atoms with Gasteiger partial charge in [0.05, 0.1) is 13.2 Å². The third-order valence-electron chi connectivity index (χ3n) is 2.68. The molecule has 0 spiro atoms. The van der Waals surface area contributed by atoms with Crippen molar-refractivity contribution < 1.29 is 4.74 Å². The molecular formula is C10H10BrClN4O. The summed E-state index contributed by atoms with van der Waals surface area (Å²) in [6, 6.07) is 3.68. The largest absolute Gasteiger partial charge is 0.378 e. The average Bonchev–Trinajstić information content (AvgIpc) is 2.69. The molecule has 3 rings (SSSR count). The molecule has 0 unspecified atom stereocenters. The molecule has 90 valence electrons. The minimum absolute atomic E-state index is 0.478. The van der Waals surface area contributed by atoms with E-state index in [2.05, 4.69) is 30.9 Å². The summed E-state index contributed by atoms with van der Waals surface area (Å²) in [5.41, 5.74) is 0.742. The van der Waals surface area contributed by atoms with Crippen molar-refractivity contribution in [2.45, 2.75) is 0 Å². The first-order valence-corrected chi connectivity index (χ1v) is 6.46. The smallest absolute Gasteiger partial charge is 0.160 e. The van der Waals surface area contributed by atoms with E-state index in [1.54, 1.807) is 4.52 Å². The van der Waals surface area contributed by atoms with Crippen molar-refractivity contribution in [2.24, 2.45) is 0 Å². The van der Waals surface area contributed by atoms with Crippen LogP contribution in [-0.4, -0.2) is 40.9 Å². The minimum Gasteiger partial charge on any atom is -0.378 e. The zero-order valence-corrected chi connectivity index (χ0v) is 11.3. The van der Waals surface area contributed by atoms with Crippen molar-refractivity contribution in [3.8, 4) is 0 Å². The summed E-state index contributed by atoms with van der Waals surface area (Å²) in [7, 11) is 0. The highest BCUT2D eigenvalue weighted by molar-refractivity contribution is 9.10. The fraction of sp³-hybridized carbons (Fsp3) is 0.400. The molecule has 2 aromatic rings. The third-order valence-corrected chi connectivity index (χ3v) is 3.26. The summed E-state index contributed by atoms with van der Waals surface area (Å²) in [6.07, 6.45) is 0. The van der Waals surface area contributed by atoms with E-state index in [9.17, 15) is 0 Å². The van der Waals surface area contributed by atoms with Crippen molar-refractivity contribution >= 4 is 39.0 Å². The van der Waals surface area contributed by atoms with E-state index in [1.165, 1.54) is 0 Å². The van der Waals surface area contributed by atoms with E-state index in [1.807, 2.05) is 12.1 Å². The van der Waals surface area contributed by atoms with Crippen LogP contribution in [0.4, 0.5) is 5.82 Å². The molecule has 0 aliphatic carbocycles. The van der Waals surface area contributed by atoms with Crippen LogP contribution >= 0.6 is 27.5 Å². The minimum atomic E-state index is 0.478. The highest BCUT2D eigenvalue weighted by Gasteiger charge is 2.16. The number of halogens is 2. The molecule has 0 saturated carbocycles. The molecule has 0 bridgehead atoms.